The molecule has 0 saturated carbocycles. The Morgan fingerprint density at radius 2 is 2.07 bits per heavy atom. The van der Waals surface area contributed by atoms with Crippen molar-refractivity contribution in [1.29, 1.82) is 0 Å². The van der Waals surface area contributed by atoms with Crippen molar-refractivity contribution in [3.63, 3.8) is 0 Å². The van der Waals surface area contributed by atoms with Crippen LogP contribution in [0.1, 0.15) is 16.9 Å². The largest absolute Gasteiger partial charge is 0.337 e. The van der Waals surface area contributed by atoms with Crippen LogP contribution in [-0.4, -0.2) is 28.9 Å². The highest BCUT2D eigenvalue weighted by Crippen LogP contribution is 2.22. The number of hydrogen-bond donors (Lipinski definition) is 0. The van der Waals surface area contributed by atoms with E-state index in [1.165, 1.54) is 12.3 Å². The molecule has 14 heavy (non-hydrogen) atoms. The molecule has 0 atom stereocenters. The van der Waals surface area contributed by atoms with Crippen molar-refractivity contribution in [3.05, 3.63) is 28.0 Å². The van der Waals surface area contributed by atoms with Crippen LogP contribution in [-0.2, 0) is 0 Å². The third kappa shape index (κ3) is 1.70. The highest BCUT2D eigenvalue weighted by Gasteiger charge is 2.22. The first-order chi connectivity index (χ1) is 6.68. The summed E-state index contributed by atoms with van der Waals surface area (Å²) in [5.41, 5.74) is 0.360. The smallest absolute Gasteiger partial charge is 0.272 e. The molecule has 0 radical (unpaired) electrons. The Labute approximate surface area is 91.6 Å². The molecule has 1 aliphatic heterocycles. The number of amides is 1. The van der Waals surface area contributed by atoms with Crippen molar-refractivity contribution in [1.82, 2.24) is 9.88 Å². The fourth-order valence-corrected chi connectivity index (χ4v) is 1.47. The van der Waals surface area contributed by atoms with Crippen LogP contribution in [0.5, 0.6) is 0 Å². The first-order valence-electron chi connectivity index (χ1n) is 4.29. The fourth-order valence-electron chi connectivity index (χ4n) is 1.21. The molecule has 0 N–H and O–H groups in total. The van der Waals surface area contributed by atoms with E-state index in [4.69, 9.17) is 23.2 Å². The lowest BCUT2D eigenvalue weighted by Crippen LogP contribution is -2.42. The van der Waals surface area contributed by atoms with Crippen LogP contribution in [0.3, 0.4) is 0 Å². The molecule has 2 rings (SSSR count). The summed E-state index contributed by atoms with van der Waals surface area (Å²) in [6, 6.07) is 1.50. The Hall–Kier alpha value is -0.800. The van der Waals surface area contributed by atoms with Gasteiger partial charge < -0.3 is 4.90 Å². The van der Waals surface area contributed by atoms with Crippen molar-refractivity contribution in [2.75, 3.05) is 13.1 Å². The molecule has 1 aromatic rings. The summed E-state index contributed by atoms with van der Waals surface area (Å²) in [4.78, 5) is 17.3. The second-order valence-corrected chi connectivity index (χ2v) is 3.94. The topological polar surface area (TPSA) is 33.2 Å². The van der Waals surface area contributed by atoms with Gasteiger partial charge in [-0.15, -0.1) is 0 Å². The summed E-state index contributed by atoms with van der Waals surface area (Å²) >= 11 is 11.5. The molecule has 0 aromatic carbocycles. The van der Waals surface area contributed by atoms with Crippen LogP contribution in [0, 0.1) is 0 Å². The van der Waals surface area contributed by atoms with E-state index in [1.54, 1.807) is 4.90 Å². The van der Waals surface area contributed by atoms with Gasteiger partial charge in [0, 0.05) is 19.3 Å². The molecule has 1 aliphatic rings. The third-order valence-electron chi connectivity index (χ3n) is 2.17. The normalized spacial score (nSPS) is 15.1. The fraction of sp³-hybridized carbons (Fsp3) is 0.333. The Bertz CT molecular complexity index is 377. The minimum atomic E-state index is -0.0742. The molecule has 0 unspecified atom stereocenters. The molecule has 1 amide bonds. The number of carbonyl (C=O) groups excluding carboxylic acids is 1. The van der Waals surface area contributed by atoms with Crippen LogP contribution in [0.25, 0.3) is 0 Å². The van der Waals surface area contributed by atoms with E-state index in [0.717, 1.165) is 19.5 Å². The molecule has 1 saturated heterocycles. The van der Waals surface area contributed by atoms with Gasteiger partial charge in [0.1, 0.15) is 5.69 Å². The lowest BCUT2D eigenvalue weighted by atomic mass is 10.2. The number of rotatable bonds is 1. The summed E-state index contributed by atoms with van der Waals surface area (Å²) in [5.74, 6) is -0.0742. The predicted octanol–water partition coefficient (Wildman–Crippen LogP) is 2.23. The summed E-state index contributed by atoms with van der Waals surface area (Å²) in [5, 5.41) is 0.734. The number of halogens is 2. The lowest BCUT2D eigenvalue weighted by molar-refractivity contribution is 0.0645. The van der Waals surface area contributed by atoms with Gasteiger partial charge in [0.05, 0.1) is 10.0 Å². The number of carbonyl (C=O) groups is 1. The van der Waals surface area contributed by atoms with E-state index in [9.17, 15) is 4.79 Å². The summed E-state index contributed by atoms with van der Waals surface area (Å²) in [6.45, 7) is 1.61. The summed E-state index contributed by atoms with van der Waals surface area (Å²) in [7, 11) is 0. The maximum absolute atomic E-state index is 11.7. The van der Waals surface area contributed by atoms with Crippen molar-refractivity contribution < 1.29 is 4.79 Å². The first-order valence-corrected chi connectivity index (χ1v) is 5.04. The van der Waals surface area contributed by atoms with Gasteiger partial charge in [-0.3, -0.25) is 4.79 Å². The molecular formula is C9H8Cl2N2O. The van der Waals surface area contributed by atoms with E-state index in [1.807, 2.05) is 0 Å². The van der Waals surface area contributed by atoms with Gasteiger partial charge in [-0.1, -0.05) is 23.2 Å². The molecule has 2 heterocycles. The van der Waals surface area contributed by atoms with Crippen molar-refractivity contribution in [3.8, 4) is 0 Å². The summed E-state index contributed by atoms with van der Waals surface area (Å²) < 4.78 is 0. The zero-order valence-electron chi connectivity index (χ0n) is 7.33. The predicted molar refractivity (Wildman–Crippen MR) is 54.8 cm³/mol. The minimum Gasteiger partial charge on any atom is -0.337 e. The molecule has 0 spiro atoms. The molecule has 0 bridgehead atoms. The third-order valence-corrected chi connectivity index (χ3v) is 2.88. The maximum atomic E-state index is 11.7. The van der Waals surface area contributed by atoms with Gasteiger partial charge in [-0.05, 0) is 12.5 Å². The Morgan fingerprint density at radius 3 is 2.57 bits per heavy atom. The minimum absolute atomic E-state index is 0.0742. The van der Waals surface area contributed by atoms with Crippen molar-refractivity contribution in [2.45, 2.75) is 6.42 Å². The molecular weight excluding hydrogens is 223 g/mol. The molecule has 74 valence electrons. The van der Waals surface area contributed by atoms with Crippen LogP contribution in [0.15, 0.2) is 12.3 Å². The zero-order valence-corrected chi connectivity index (χ0v) is 8.85. The quantitative estimate of drug-likeness (QED) is 0.742. The number of pyridine rings is 1. The highest BCUT2D eigenvalue weighted by molar-refractivity contribution is 6.42. The van der Waals surface area contributed by atoms with Crippen molar-refractivity contribution >= 4 is 29.1 Å². The van der Waals surface area contributed by atoms with E-state index >= 15 is 0 Å². The Balaban J connectivity index is 2.23. The van der Waals surface area contributed by atoms with E-state index < -0.39 is 0 Å². The van der Waals surface area contributed by atoms with Crippen LogP contribution in [0.4, 0.5) is 0 Å². The van der Waals surface area contributed by atoms with Gasteiger partial charge in [-0.25, -0.2) is 4.98 Å². The lowest BCUT2D eigenvalue weighted by Gasteiger charge is -2.30. The first kappa shape index (κ1) is 9.74. The van der Waals surface area contributed by atoms with Crippen LogP contribution >= 0.6 is 23.2 Å². The van der Waals surface area contributed by atoms with Crippen molar-refractivity contribution in [2.24, 2.45) is 0 Å². The van der Waals surface area contributed by atoms with Gasteiger partial charge in [0.2, 0.25) is 0 Å². The number of aromatic nitrogens is 1. The molecule has 3 nitrogen and oxygen atoms in total. The van der Waals surface area contributed by atoms with Crippen LogP contribution < -0.4 is 0 Å². The SMILES string of the molecule is O=C(c1cc(Cl)c(Cl)cn1)N1CCC1. The van der Waals surface area contributed by atoms with Gasteiger partial charge in [0.25, 0.3) is 5.91 Å². The zero-order chi connectivity index (χ0) is 10.1. The molecule has 5 heteroatoms. The average molecular weight is 231 g/mol. The van der Waals surface area contributed by atoms with E-state index in [-0.39, 0.29) is 5.91 Å². The van der Waals surface area contributed by atoms with Gasteiger partial charge in [0.15, 0.2) is 0 Å². The number of hydrogen-bond acceptors (Lipinski definition) is 2. The number of likely N-dealkylation sites (tertiary alicyclic amines) is 1. The second-order valence-electron chi connectivity index (χ2n) is 3.13. The molecule has 1 fully saturated rings. The highest BCUT2D eigenvalue weighted by atomic mass is 35.5. The molecule has 1 aromatic heterocycles. The van der Waals surface area contributed by atoms with E-state index in [0.29, 0.717) is 15.7 Å². The Kier molecular flexibility index (Phi) is 2.61. The Morgan fingerprint density at radius 1 is 1.36 bits per heavy atom. The van der Waals surface area contributed by atoms with E-state index in [2.05, 4.69) is 4.98 Å². The number of nitrogens with zero attached hydrogens (tertiary/aromatic N) is 2. The second kappa shape index (κ2) is 3.75. The maximum Gasteiger partial charge on any atom is 0.272 e. The molecule has 0 aliphatic carbocycles. The average Bonchev–Trinajstić information content (AvgIpc) is 2.06. The standard InChI is InChI=1S/C9H8Cl2N2O/c10-6-4-8(12-5-7(6)11)9(14)13-2-1-3-13/h4-5H,1-3H2. The summed E-state index contributed by atoms with van der Waals surface area (Å²) in [6.07, 6.45) is 2.46. The monoisotopic (exact) mass is 230 g/mol. The van der Waals surface area contributed by atoms with Gasteiger partial charge in [-0.2, -0.15) is 0 Å². The van der Waals surface area contributed by atoms with Gasteiger partial charge >= 0.3 is 0 Å². The van der Waals surface area contributed by atoms with Crippen LogP contribution in [0.2, 0.25) is 10.0 Å².